The molecule has 0 fully saturated rings. The minimum absolute atomic E-state index is 0.130. The number of hydrogen-bond donors (Lipinski definition) is 3. The summed E-state index contributed by atoms with van der Waals surface area (Å²) in [6.45, 7) is 0. The highest BCUT2D eigenvalue weighted by Crippen LogP contribution is 2.21. The molecule has 27 heavy (non-hydrogen) atoms. The lowest BCUT2D eigenvalue weighted by Crippen LogP contribution is -2.48. The molecule has 3 N–H and O–H groups in total. The summed E-state index contributed by atoms with van der Waals surface area (Å²) in [7, 11) is 1.53. The first-order valence-corrected chi connectivity index (χ1v) is 8.80. The predicted molar refractivity (Wildman–Crippen MR) is 109 cm³/mol. The number of amides is 2. The lowest BCUT2D eigenvalue weighted by atomic mass is 10.2. The van der Waals surface area contributed by atoms with Crippen molar-refractivity contribution >= 4 is 57.4 Å². The van der Waals surface area contributed by atoms with E-state index >= 15 is 0 Å². The molecule has 0 saturated heterocycles. The van der Waals surface area contributed by atoms with Crippen LogP contribution in [0.2, 0.25) is 0 Å². The molecule has 2 aromatic rings. The fourth-order valence-corrected chi connectivity index (χ4v) is 2.81. The van der Waals surface area contributed by atoms with Gasteiger partial charge >= 0.3 is 0 Å². The number of methoxy groups -OCH3 is 1. The van der Waals surface area contributed by atoms with Crippen LogP contribution in [0.4, 0.5) is 5.69 Å². The number of nitro benzene ring substituents is 1. The van der Waals surface area contributed by atoms with Gasteiger partial charge in [-0.25, -0.2) is 0 Å². The van der Waals surface area contributed by atoms with E-state index in [0.29, 0.717) is 11.3 Å². The van der Waals surface area contributed by atoms with Crippen LogP contribution in [0.15, 0.2) is 42.5 Å². The zero-order valence-corrected chi connectivity index (χ0v) is 16.8. The first-order valence-electron chi connectivity index (χ1n) is 7.31. The van der Waals surface area contributed by atoms with Crippen LogP contribution in [-0.2, 0) is 0 Å². The van der Waals surface area contributed by atoms with Crippen LogP contribution in [0, 0.1) is 13.7 Å². The number of rotatable bonds is 4. The van der Waals surface area contributed by atoms with Crippen molar-refractivity contribution in [1.82, 2.24) is 16.2 Å². The summed E-state index contributed by atoms with van der Waals surface area (Å²) in [5.74, 6) is -0.385. The monoisotopic (exact) mass is 500 g/mol. The number of nitro groups is 1. The molecule has 0 spiro atoms. The Hall–Kier alpha value is -2.80. The number of ether oxygens (including phenoxy) is 1. The Balaban J connectivity index is 1.89. The zero-order valence-electron chi connectivity index (χ0n) is 13.8. The first kappa shape index (κ1) is 20.5. The normalized spacial score (nSPS) is 9.85. The summed E-state index contributed by atoms with van der Waals surface area (Å²) in [6, 6.07) is 9.88. The molecule has 140 valence electrons. The highest BCUT2D eigenvalue weighted by molar-refractivity contribution is 14.1. The smallest absolute Gasteiger partial charge is 0.269 e. The van der Waals surface area contributed by atoms with Crippen molar-refractivity contribution in [3.8, 4) is 5.75 Å². The van der Waals surface area contributed by atoms with Crippen LogP contribution in [0.3, 0.4) is 0 Å². The van der Waals surface area contributed by atoms with Gasteiger partial charge in [-0.15, -0.1) is 0 Å². The van der Waals surface area contributed by atoms with Crippen molar-refractivity contribution in [2.24, 2.45) is 0 Å². The van der Waals surface area contributed by atoms with Gasteiger partial charge in [0, 0.05) is 23.3 Å². The number of halogens is 1. The summed E-state index contributed by atoms with van der Waals surface area (Å²) in [5.41, 5.74) is 5.21. The highest BCUT2D eigenvalue weighted by atomic mass is 127. The summed E-state index contributed by atoms with van der Waals surface area (Å²) in [6.07, 6.45) is 0. The average Bonchev–Trinajstić information content (AvgIpc) is 2.66. The minimum atomic E-state index is -0.573. The maximum Gasteiger partial charge on any atom is 0.269 e. The van der Waals surface area contributed by atoms with Crippen LogP contribution in [-0.4, -0.2) is 29.0 Å². The molecule has 0 atom stereocenters. The average molecular weight is 500 g/mol. The van der Waals surface area contributed by atoms with Gasteiger partial charge < -0.3 is 4.74 Å². The molecule has 0 aliphatic heterocycles. The summed E-state index contributed by atoms with van der Waals surface area (Å²) >= 11 is 6.98. The Labute approximate surface area is 172 Å². The first-order chi connectivity index (χ1) is 12.8. The summed E-state index contributed by atoms with van der Waals surface area (Å²) in [4.78, 5) is 34.2. The second kappa shape index (κ2) is 9.23. The third-order valence-electron chi connectivity index (χ3n) is 3.27. The quantitative estimate of drug-likeness (QED) is 0.255. The fourth-order valence-electron chi connectivity index (χ4n) is 1.93. The predicted octanol–water partition coefficient (Wildman–Crippen LogP) is 2.16. The van der Waals surface area contributed by atoms with Crippen molar-refractivity contribution < 1.29 is 19.2 Å². The van der Waals surface area contributed by atoms with Gasteiger partial charge in [0.25, 0.3) is 17.5 Å². The molecule has 0 aliphatic rings. The van der Waals surface area contributed by atoms with Gasteiger partial charge in [-0.2, -0.15) is 0 Å². The number of thiocarbonyl (C=S) groups is 1. The molecule has 0 heterocycles. The highest BCUT2D eigenvalue weighted by Gasteiger charge is 2.12. The number of benzene rings is 2. The van der Waals surface area contributed by atoms with E-state index in [2.05, 4.69) is 16.2 Å². The number of nitrogens with zero attached hydrogens (tertiary/aromatic N) is 1. The second-order valence-corrected chi connectivity index (χ2v) is 6.59. The van der Waals surface area contributed by atoms with Crippen molar-refractivity contribution in [3.05, 3.63) is 67.3 Å². The van der Waals surface area contributed by atoms with E-state index in [1.165, 1.54) is 31.4 Å². The Bertz CT molecular complexity index is 904. The lowest BCUT2D eigenvalue weighted by molar-refractivity contribution is -0.384. The van der Waals surface area contributed by atoms with E-state index in [0.717, 1.165) is 3.57 Å². The van der Waals surface area contributed by atoms with Gasteiger partial charge in [0.05, 0.1) is 15.6 Å². The third-order valence-corrected chi connectivity index (χ3v) is 4.32. The molecule has 0 aliphatic carbocycles. The van der Waals surface area contributed by atoms with Gasteiger partial charge in [0.2, 0.25) is 0 Å². The Kier molecular flexibility index (Phi) is 7.01. The van der Waals surface area contributed by atoms with Gasteiger partial charge in [-0.1, -0.05) is 0 Å². The standard InChI is InChI=1S/C16H13IN4O5S/c1-26-13-7-4-10(8-12(13)17)15(23)19-20-16(27)18-14(22)9-2-5-11(6-3-9)21(24)25/h2-8H,1H3,(H,19,23)(H2,18,20,22,27). The Morgan fingerprint density at radius 2 is 1.70 bits per heavy atom. The number of carbonyl (C=O) groups excluding carboxylic acids is 2. The molecule has 0 saturated carbocycles. The van der Waals surface area contributed by atoms with E-state index < -0.39 is 16.7 Å². The van der Waals surface area contributed by atoms with Gasteiger partial charge in [0.1, 0.15) is 5.75 Å². The summed E-state index contributed by atoms with van der Waals surface area (Å²) < 4.78 is 5.88. The van der Waals surface area contributed by atoms with Crippen LogP contribution in [0.25, 0.3) is 0 Å². The fraction of sp³-hybridized carbons (Fsp3) is 0.0625. The SMILES string of the molecule is COc1ccc(C(=O)NNC(=S)NC(=O)c2ccc([N+](=O)[O-])cc2)cc1I. The van der Waals surface area contributed by atoms with Crippen LogP contribution in [0.1, 0.15) is 20.7 Å². The Morgan fingerprint density at radius 3 is 2.26 bits per heavy atom. The number of non-ortho nitro benzene ring substituents is 1. The molecular formula is C16H13IN4O5S. The lowest BCUT2D eigenvalue weighted by Gasteiger charge is -2.11. The van der Waals surface area contributed by atoms with Crippen LogP contribution < -0.4 is 20.9 Å². The molecule has 2 rings (SSSR count). The van der Waals surface area contributed by atoms with Gasteiger partial charge in [0.15, 0.2) is 5.11 Å². The second-order valence-electron chi connectivity index (χ2n) is 5.02. The zero-order chi connectivity index (χ0) is 20.0. The molecule has 0 unspecified atom stereocenters. The maximum atomic E-state index is 12.1. The van der Waals surface area contributed by atoms with E-state index in [1.54, 1.807) is 18.2 Å². The van der Waals surface area contributed by atoms with E-state index in [1.807, 2.05) is 22.6 Å². The molecule has 0 radical (unpaired) electrons. The summed E-state index contributed by atoms with van der Waals surface area (Å²) in [5, 5.41) is 12.8. The van der Waals surface area contributed by atoms with Crippen LogP contribution in [0.5, 0.6) is 5.75 Å². The molecule has 9 nitrogen and oxygen atoms in total. The van der Waals surface area contributed by atoms with E-state index in [-0.39, 0.29) is 16.4 Å². The van der Waals surface area contributed by atoms with Crippen molar-refractivity contribution in [2.75, 3.05) is 7.11 Å². The minimum Gasteiger partial charge on any atom is -0.496 e. The number of carbonyl (C=O) groups is 2. The van der Waals surface area contributed by atoms with Crippen molar-refractivity contribution in [2.45, 2.75) is 0 Å². The molecule has 0 bridgehead atoms. The molecule has 0 aromatic heterocycles. The largest absolute Gasteiger partial charge is 0.496 e. The van der Waals surface area contributed by atoms with Gasteiger partial charge in [-0.05, 0) is 65.1 Å². The van der Waals surface area contributed by atoms with E-state index in [9.17, 15) is 19.7 Å². The Morgan fingerprint density at radius 1 is 1.07 bits per heavy atom. The van der Waals surface area contributed by atoms with Crippen molar-refractivity contribution in [1.29, 1.82) is 0 Å². The molecule has 11 heteroatoms. The van der Waals surface area contributed by atoms with E-state index in [4.69, 9.17) is 17.0 Å². The number of hydrazine groups is 1. The van der Waals surface area contributed by atoms with Crippen molar-refractivity contribution in [3.63, 3.8) is 0 Å². The molecule has 2 amide bonds. The number of nitrogens with one attached hydrogen (secondary N) is 3. The van der Waals surface area contributed by atoms with Crippen LogP contribution >= 0.6 is 34.8 Å². The third kappa shape index (κ3) is 5.59. The molecule has 2 aromatic carbocycles. The number of hydrogen-bond acceptors (Lipinski definition) is 6. The maximum absolute atomic E-state index is 12.1. The molecular weight excluding hydrogens is 487 g/mol. The topological polar surface area (TPSA) is 123 Å². The van der Waals surface area contributed by atoms with Gasteiger partial charge in [-0.3, -0.25) is 35.9 Å².